The van der Waals surface area contributed by atoms with E-state index in [1.54, 1.807) is 0 Å². The van der Waals surface area contributed by atoms with E-state index in [0.717, 1.165) is 34.4 Å². The van der Waals surface area contributed by atoms with Gasteiger partial charge in [0.05, 0.1) is 9.26 Å². The van der Waals surface area contributed by atoms with Gasteiger partial charge in [-0.3, -0.25) is 4.79 Å². The van der Waals surface area contributed by atoms with Crippen molar-refractivity contribution < 1.29 is 0 Å². The van der Waals surface area contributed by atoms with Gasteiger partial charge < -0.3 is 4.98 Å². The topological polar surface area (TPSA) is 45.8 Å². The maximum Gasteiger partial charge on any atom is 0.264 e. The maximum atomic E-state index is 11.9. The highest BCUT2D eigenvalue weighted by Crippen LogP contribution is 2.20. The van der Waals surface area contributed by atoms with Crippen molar-refractivity contribution in [3.05, 3.63) is 25.4 Å². The summed E-state index contributed by atoms with van der Waals surface area (Å²) in [7, 11) is 0. The van der Waals surface area contributed by atoms with E-state index < -0.39 is 0 Å². The lowest BCUT2D eigenvalue weighted by Crippen LogP contribution is -2.20. The van der Waals surface area contributed by atoms with Crippen LogP contribution in [0.2, 0.25) is 0 Å². The Balaban J connectivity index is 2.94. The molecule has 0 saturated heterocycles. The molecule has 1 N–H and O–H groups in total. The minimum atomic E-state index is 0.00478. The van der Waals surface area contributed by atoms with Crippen molar-refractivity contribution in [2.24, 2.45) is 11.3 Å². The van der Waals surface area contributed by atoms with Crippen molar-refractivity contribution >= 4 is 22.6 Å². The normalized spacial score (nSPS) is 12.2. The van der Waals surface area contributed by atoms with Crippen LogP contribution in [0.1, 0.15) is 52.6 Å². The first-order valence-electron chi connectivity index (χ1n) is 6.46. The zero-order valence-corrected chi connectivity index (χ0v) is 14.1. The van der Waals surface area contributed by atoms with Crippen LogP contribution in [-0.4, -0.2) is 9.97 Å². The fourth-order valence-electron chi connectivity index (χ4n) is 1.69. The SMILES string of the molecule is CC(C)Cc1nc(CCC(C)(C)C)[nH]c(=O)c1I. The largest absolute Gasteiger partial charge is 0.310 e. The number of aromatic amines is 1. The maximum absolute atomic E-state index is 11.9. The Morgan fingerprint density at radius 1 is 1.33 bits per heavy atom. The molecule has 0 unspecified atom stereocenters. The van der Waals surface area contributed by atoms with Gasteiger partial charge in [-0.25, -0.2) is 4.98 Å². The van der Waals surface area contributed by atoms with Gasteiger partial charge in [0.15, 0.2) is 0 Å². The summed E-state index contributed by atoms with van der Waals surface area (Å²) in [5.74, 6) is 1.34. The molecule has 0 amide bonds. The first-order chi connectivity index (χ1) is 8.19. The van der Waals surface area contributed by atoms with Crippen LogP contribution in [0.4, 0.5) is 0 Å². The zero-order chi connectivity index (χ0) is 13.9. The highest BCUT2D eigenvalue weighted by Gasteiger charge is 2.14. The summed E-state index contributed by atoms with van der Waals surface area (Å²) in [5.41, 5.74) is 1.21. The summed E-state index contributed by atoms with van der Waals surface area (Å²) in [6.45, 7) is 10.9. The van der Waals surface area contributed by atoms with E-state index >= 15 is 0 Å². The minimum absolute atomic E-state index is 0.00478. The third-order valence-electron chi connectivity index (χ3n) is 2.69. The molecule has 1 aromatic rings. The standard InChI is InChI=1S/C14H23IN2O/c1-9(2)8-10-12(15)13(18)17-11(16-10)6-7-14(3,4)5/h9H,6-8H2,1-5H3,(H,16,17,18). The first kappa shape index (κ1) is 15.7. The molecule has 0 aliphatic heterocycles. The van der Waals surface area contributed by atoms with Crippen molar-refractivity contribution in [2.45, 2.75) is 53.9 Å². The predicted molar refractivity (Wildman–Crippen MR) is 83.9 cm³/mol. The monoisotopic (exact) mass is 362 g/mol. The van der Waals surface area contributed by atoms with Gasteiger partial charge in [0.1, 0.15) is 5.82 Å². The summed E-state index contributed by atoms with van der Waals surface area (Å²) >= 11 is 2.09. The summed E-state index contributed by atoms with van der Waals surface area (Å²) in [4.78, 5) is 19.4. The second-order valence-corrected chi connectivity index (χ2v) is 7.51. The molecule has 1 heterocycles. The molecular weight excluding hydrogens is 339 g/mol. The molecule has 1 aromatic heterocycles. The molecular formula is C14H23IN2O. The number of hydrogen-bond acceptors (Lipinski definition) is 2. The van der Waals surface area contributed by atoms with Gasteiger partial charge in [-0.15, -0.1) is 0 Å². The van der Waals surface area contributed by atoms with Gasteiger partial charge >= 0.3 is 0 Å². The number of nitrogens with one attached hydrogen (secondary N) is 1. The van der Waals surface area contributed by atoms with Crippen molar-refractivity contribution in [3.63, 3.8) is 0 Å². The molecule has 0 aliphatic carbocycles. The molecule has 102 valence electrons. The van der Waals surface area contributed by atoms with Crippen LogP contribution in [0.25, 0.3) is 0 Å². The molecule has 0 radical (unpaired) electrons. The van der Waals surface area contributed by atoms with Crippen molar-refractivity contribution in [2.75, 3.05) is 0 Å². The Kier molecular flexibility index (Phi) is 5.37. The van der Waals surface area contributed by atoms with Crippen LogP contribution in [0.5, 0.6) is 0 Å². The van der Waals surface area contributed by atoms with Crippen molar-refractivity contribution in [3.8, 4) is 0 Å². The lowest BCUT2D eigenvalue weighted by molar-refractivity contribution is 0.374. The van der Waals surface area contributed by atoms with Gasteiger partial charge in [-0.2, -0.15) is 0 Å². The molecule has 0 saturated carbocycles. The van der Waals surface area contributed by atoms with Gasteiger partial charge in [-0.05, 0) is 46.8 Å². The number of halogens is 1. The molecule has 0 fully saturated rings. The van der Waals surface area contributed by atoms with Crippen molar-refractivity contribution in [1.29, 1.82) is 0 Å². The Labute approximate surface area is 123 Å². The van der Waals surface area contributed by atoms with Gasteiger partial charge in [-0.1, -0.05) is 34.6 Å². The summed E-state index contributed by atoms with van der Waals surface area (Å²) in [6, 6.07) is 0. The molecule has 0 aromatic carbocycles. The Hall–Kier alpha value is -0.390. The van der Waals surface area contributed by atoms with Crippen LogP contribution in [-0.2, 0) is 12.8 Å². The van der Waals surface area contributed by atoms with Crippen molar-refractivity contribution in [1.82, 2.24) is 9.97 Å². The van der Waals surface area contributed by atoms with E-state index in [1.165, 1.54) is 0 Å². The fourth-order valence-corrected chi connectivity index (χ4v) is 2.17. The van der Waals surface area contributed by atoms with E-state index in [1.807, 2.05) is 0 Å². The van der Waals surface area contributed by atoms with Crippen LogP contribution >= 0.6 is 22.6 Å². The quantitative estimate of drug-likeness (QED) is 0.833. The Morgan fingerprint density at radius 2 is 1.94 bits per heavy atom. The van der Waals surface area contributed by atoms with E-state index in [2.05, 4.69) is 67.2 Å². The first-order valence-corrected chi connectivity index (χ1v) is 7.54. The third kappa shape index (κ3) is 5.08. The van der Waals surface area contributed by atoms with Crippen LogP contribution in [0.3, 0.4) is 0 Å². The second-order valence-electron chi connectivity index (χ2n) is 6.43. The van der Waals surface area contributed by atoms with Gasteiger partial charge in [0.2, 0.25) is 0 Å². The average Bonchev–Trinajstić information content (AvgIpc) is 2.20. The molecule has 18 heavy (non-hydrogen) atoms. The predicted octanol–water partition coefficient (Wildman–Crippen LogP) is 3.55. The summed E-state index contributed by atoms with van der Waals surface area (Å²) in [6.07, 6.45) is 2.73. The lowest BCUT2D eigenvalue weighted by atomic mass is 9.90. The Bertz CT molecular complexity index is 458. The second kappa shape index (κ2) is 6.17. The van der Waals surface area contributed by atoms with Crippen LogP contribution < -0.4 is 5.56 Å². The molecule has 0 spiro atoms. The number of nitrogens with zero attached hydrogens (tertiary/aromatic N) is 1. The van der Waals surface area contributed by atoms with Crippen LogP contribution in [0.15, 0.2) is 4.79 Å². The minimum Gasteiger partial charge on any atom is -0.310 e. The zero-order valence-electron chi connectivity index (χ0n) is 11.9. The molecule has 0 bridgehead atoms. The van der Waals surface area contributed by atoms with E-state index in [-0.39, 0.29) is 11.0 Å². The molecule has 0 atom stereocenters. The van der Waals surface area contributed by atoms with E-state index in [0.29, 0.717) is 5.92 Å². The van der Waals surface area contributed by atoms with Gasteiger partial charge in [0, 0.05) is 6.42 Å². The van der Waals surface area contributed by atoms with Crippen LogP contribution in [0, 0.1) is 14.9 Å². The Morgan fingerprint density at radius 3 is 2.44 bits per heavy atom. The molecule has 3 nitrogen and oxygen atoms in total. The highest BCUT2D eigenvalue weighted by atomic mass is 127. The number of aryl methyl sites for hydroxylation is 1. The molecule has 0 aliphatic rings. The summed E-state index contributed by atoms with van der Waals surface area (Å²) < 4.78 is 0.737. The molecule has 1 rings (SSSR count). The number of aromatic nitrogens is 2. The van der Waals surface area contributed by atoms with Gasteiger partial charge in [0.25, 0.3) is 5.56 Å². The smallest absolute Gasteiger partial charge is 0.264 e. The lowest BCUT2D eigenvalue weighted by Gasteiger charge is -2.17. The fraction of sp³-hybridized carbons (Fsp3) is 0.714. The average molecular weight is 362 g/mol. The van der Waals surface area contributed by atoms with E-state index in [4.69, 9.17) is 0 Å². The number of rotatable bonds is 4. The number of H-pyrrole nitrogens is 1. The number of hydrogen-bond donors (Lipinski definition) is 1. The van der Waals surface area contributed by atoms with E-state index in [9.17, 15) is 4.79 Å². The highest BCUT2D eigenvalue weighted by molar-refractivity contribution is 14.1. The molecule has 4 heteroatoms. The summed E-state index contributed by atoms with van der Waals surface area (Å²) in [5, 5.41) is 0. The third-order valence-corrected chi connectivity index (χ3v) is 3.81.